The normalized spacial score (nSPS) is 24.0. The number of piperidine rings is 1. The van der Waals surface area contributed by atoms with Crippen LogP contribution in [0.3, 0.4) is 0 Å². The fourth-order valence-corrected chi connectivity index (χ4v) is 3.84. The second-order valence-corrected chi connectivity index (χ2v) is 7.51. The van der Waals surface area contributed by atoms with Gasteiger partial charge in [0.1, 0.15) is 0 Å². The minimum atomic E-state index is -0.720. The summed E-state index contributed by atoms with van der Waals surface area (Å²) in [6.45, 7) is 3.17. The summed E-state index contributed by atoms with van der Waals surface area (Å²) in [4.78, 5) is 23.4. The average Bonchev–Trinajstić information content (AvgIpc) is 2.68. The van der Waals surface area contributed by atoms with Crippen molar-refractivity contribution >= 4 is 17.6 Å². The number of hydrogen-bond acceptors (Lipinski definition) is 4. The van der Waals surface area contributed by atoms with Gasteiger partial charge in [-0.1, -0.05) is 0 Å². The van der Waals surface area contributed by atoms with E-state index in [1.807, 2.05) is 24.3 Å². The molecule has 4 N–H and O–H groups in total. The fraction of sp³-hybridized carbons (Fsp3) is 0.600. The van der Waals surface area contributed by atoms with Crippen LogP contribution in [0.5, 0.6) is 0 Å². The van der Waals surface area contributed by atoms with Crippen molar-refractivity contribution in [1.82, 2.24) is 10.6 Å². The lowest BCUT2D eigenvalue weighted by Gasteiger charge is -2.26. The molecule has 0 bridgehead atoms. The van der Waals surface area contributed by atoms with E-state index in [2.05, 4.69) is 16.0 Å². The Hall–Kier alpha value is -2.08. The number of rotatable bonds is 6. The molecule has 3 rings (SSSR count). The van der Waals surface area contributed by atoms with Crippen LogP contribution in [-0.2, 0) is 4.79 Å². The number of carboxylic acids is 1. The van der Waals surface area contributed by atoms with Crippen LogP contribution in [0.2, 0.25) is 0 Å². The molecule has 1 saturated carbocycles. The quantitative estimate of drug-likeness (QED) is 0.626. The van der Waals surface area contributed by atoms with Crippen molar-refractivity contribution in [3.8, 4) is 0 Å². The van der Waals surface area contributed by atoms with Crippen molar-refractivity contribution < 1.29 is 14.7 Å². The zero-order valence-electron chi connectivity index (χ0n) is 15.2. The lowest BCUT2D eigenvalue weighted by molar-refractivity contribution is -0.142. The molecule has 0 spiro atoms. The van der Waals surface area contributed by atoms with Gasteiger partial charge in [-0.2, -0.15) is 0 Å². The van der Waals surface area contributed by atoms with Crippen LogP contribution in [0.15, 0.2) is 24.3 Å². The molecule has 1 aliphatic carbocycles. The van der Waals surface area contributed by atoms with E-state index in [0.717, 1.165) is 38.2 Å². The van der Waals surface area contributed by atoms with Gasteiger partial charge in [0.25, 0.3) is 5.91 Å². The second kappa shape index (κ2) is 9.03. The van der Waals surface area contributed by atoms with Gasteiger partial charge in [0, 0.05) is 23.8 Å². The van der Waals surface area contributed by atoms with E-state index in [0.29, 0.717) is 24.3 Å². The molecule has 6 nitrogen and oxygen atoms in total. The molecule has 0 atom stereocenters. The molecule has 6 heteroatoms. The van der Waals surface area contributed by atoms with E-state index in [4.69, 9.17) is 5.11 Å². The van der Waals surface area contributed by atoms with Gasteiger partial charge in [-0.15, -0.1) is 0 Å². The number of hydrogen-bond donors (Lipinski definition) is 4. The van der Waals surface area contributed by atoms with Crippen molar-refractivity contribution in [2.24, 2.45) is 11.8 Å². The van der Waals surface area contributed by atoms with E-state index in [-0.39, 0.29) is 17.9 Å². The zero-order valence-corrected chi connectivity index (χ0v) is 15.2. The van der Waals surface area contributed by atoms with E-state index >= 15 is 0 Å². The van der Waals surface area contributed by atoms with Gasteiger partial charge in [0.2, 0.25) is 0 Å². The minimum Gasteiger partial charge on any atom is -0.481 e. The van der Waals surface area contributed by atoms with Crippen molar-refractivity contribution in [3.63, 3.8) is 0 Å². The third-order valence-electron chi connectivity index (χ3n) is 5.61. The average molecular weight is 359 g/mol. The highest BCUT2D eigenvalue weighted by Gasteiger charge is 2.26. The molecule has 1 aromatic carbocycles. The number of carbonyl (C=O) groups excluding carboxylic acids is 1. The maximum atomic E-state index is 12.4. The summed E-state index contributed by atoms with van der Waals surface area (Å²) in [7, 11) is 0. The van der Waals surface area contributed by atoms with Gasteiger partial charge < -0.3 is 21.1 Å². The SMILES string of the molecule is O=C(NC1CCC(C(=O)O)CC1)c1ccc(NCC2CCNCC2)cc1. The van der Waals surface area contributed by atoms with Gasteiger partial charge in [-0.25, -0.2) is 0 Å². The molecule has 1 aromatic rings. The summed E-state index contributed by atoms with van der Waals surface area (Å²) in [6, 6.07) is 7.69. The van der Waals surface area contributed by atoms with Crippen LogP contribution in [0.25, 0.3) is 0 Å². The Bertz CT molecular complexity index is 603. The first-order valence-corrected chi connectivity index (χ1v) is 9.70. The van der Waals surface area contributed by atoms with E-state index < -0.39 is 5.97 Å². The van der Waals surface area contributed by atoms with Crippen LogP contribution in [-0.4, -0.2) is 42.7 Å². The van der Waals surface area contributed by atoms with Crippen LogP contribution in [0.1, 0.15) is 48.9 Å². The molecule has 142 valence electrons. The van der Waals surface area contributed by atoms with Crippen molar-refractivity contribution in [2.75, 3.05) is 25.0 Å². The smallest absolute Gasteiger partial charge is 0.306 e. The summed E-state index contributed by atoms with van der Waals surface area (Å²) >= 11 is 0. The highest BCUT2D eigenvalue weighted by molar-refractivity contribution is 5.94. The molecule has 1 heterocycles. The molecule has 0 aromatic heterocycles. The maximum Gasteiger partial charge on any atom is 0.306 e. The van der Waals surface area contributed by atoms with E-state index in [9.17, 15) is 9.59 Å². The second-order valence-electron chi connectivity index (χ2n) is 7.51. The standard InChI is InChI=1S/C20H29N3O3/c24-19(23-18-7-3-16(4-8-18)20(25)26)15-1-5-17(6-2-15)22-13-14-9-11-21-12-10-14/h1-2,5-6,14,16,18,21-22H,3-4,7-13H2,(H,23,24)(H,25,26). The number of anilines is 1. The largest absolute Gasteiger partial charge is 0.481 e. The molecule has 1 saturated heterocycles. The summed E-state index contributed by atoms with van der Waals surface area (Å²) < 4.78 is 0. The van der Waals surface area contributed by atoms with Crippen molar-refractivity contribution in [1.29, 1.82) is 0 Å². The predicted molar refractivity (Wildman–Crippen MR) is 101 cm³/mol. The number of aliphatic carboxylic acids is 1. The third kappa shape index (κ3) is 5.21. The highest BCUT2D eigenvalue weighted by Crippen LogP contribution is 2.24. The Morgan fingerprint density at radius 2 is 1.65 bits per heavy atom. The Kier molecular flexibility index (Phi) is 6.50. The summed E-state index contributed by atoms with van der Waals surface area (Å²) in [5.41, 5.74) is 1.69. The van der Waals surface area contributed by atoms with Crippen LogP contribution >= 0.6 is 0 Å². The van der Waals surface area contributed by atoms with E-state index in [1.165, 1.54) is 12.8 Å². The Labute approximate surface area is 154 Å². The number of amides is 1. The monoisotopic (exact) mass is 359 g/mol. The summed E-state index contributed by atoms with van der Waals surface area (Å²) in [6.07, 6.45) is 5.16. The Morgan fingerprint density at radius 1 is 1.00 bits per heavy atom. The first kappa shape index (κ1) is 18.7. The molecule has 2 aliphatic rings. The first-order valence-electron chi connectivity index (χ1n) is 9.70. The highest BCUT2D eigenvalue weighted by atomic mass is 16.4. The lowest BCUT2D eigenvalue weighted by Crippen LogP contribution is -2.38. The van der Waals surface area contributed by atoms with Crippen LogP contribution < -0.4 is 16.0 Å². The van der Waals surface area contributed by atoms with Crippen molar-refractivity contribution in [3.05, 3.63) is 29.8 Å². The number of nitrogens with one attached hydrogen (secondary N) is 3. The molecule has 1 aliphatic heterocycles. The molecular formula is C20H29N3O3. The van der Waals surface area contributed by atoms with Crippen LogP contribution in [0.4, 0.5) is 5.69 Å². The lowest BCUT2D eigenvalue weighted by atomic mass is 9.86. The Morgan fingerprint density at radius 3 is 2.27 bits per heavy atom. The minimum absolute atomic E-state index is 0.0753. The van der Waals surface area contributed by atoms with Crippen molar-refractivity contribution in [2.45, 2.75) is 44.6 Å². The maximum absolute atomic E-state index is 12.4. The van der Waals surface area contributed by atoms with Gasteiger partial charge >= 0.3 is 5.97 Å². The molecule has 26 heavy (non-hydrogen) atoms. The Balaban J connectivity index is 1.44. The molecule has 2 fully saturated rings. The topological polar surface area (TPSA) is 90.5 Å². The molecule has 0 radical (unpaired) electrons. The third-order valence-corrected chi connectivity index (χ3v) is 5.61. The summed E-state index contributed by atoms with van der Waals surface area (Å²) in [5, 5.41) is 18.9. The number of carboxylic acid groups (broad SMARTS) is 1. The first-order chi connectivity index (χ1) is 12.6. The zero-order chi connectivity index (χ0) is 18.4. The van der Waals surface area contributed by atoms with Crippen LogP contribution in [0, 0.1) is 11.8 Å². The van der Waals surface area contributed by atoms with Gasteiger partial charge in [0.05, 0.1) is 5.92 Å². The summed E-state index contributed by atoms with van der Waals surface area (Å²) in [5.74, 6) is -0.343. The molecule has 1 amide bonds. The number of carbonyl (C=O) groups is 2. The van der Waals surface area contributed by atoms with Gasteiger partial charge in [0.15, 0.2) is 0 Å². The van der Waals surface area contributed by atoms with Gasteiger partial charge in [-0.05, 0) is 81.8 Å². The van der Waals surface area contributed by atoms with Gasteiger partial charge in [-0.3, -0.25) is 9.59 Å². The fourth-order valence-electron chi connectivity index (χ4n) is 3.84. The molecular weight excluding hydrogens is 330 g/mol. The van der Waals surface area contributed by atoms with E-state index in [1.54, 1.807) is 0 Å². The molecule has 0 unspecified atom stereocenters. The predicted octanol–water partition coefficient (Wildman–Crippen LogP) is 2.47. The number of benzene rings is 1.